The number of benzene rings is 1. The summed E-state index contributed by atoms with van der Waals surface area (Å²) in [5.74, 6) is 3.02. The van der Waals surface area contributed by atoms with Crippen molar-refractivity contribution in [3.63, 3.8) is 0 Å². The summed E-state index contributed by atoms with van der Waals surface area (Å²) in [7, 11) is 2.03. The van der Waals surface area contributed by atoms with E-state index in [1.807, 2.05) is 22.7 Å². The van der Waals surface area contributed by atoms with Gasteiger partial charge >= 0.3 is 0 Å². The second-order valence-electron chi connectivity index (χ2n) is 10.9. The minimum atomic E-state index is 0.0213. The van der Waals surface area contributed by atoms with Gasteiger partial charge in [-0.3, -0.25) is 9.48 Å². The first-order chi connectivity index (χ1) is 19.2. The van der Waals surface area contributed by atoms with E-state index in [1.54, 1.807) is 0 Å². The normalized spacial score (nSPS) is 17.5. The third kappa shape index (κ3) is 6.85. The summed E-state index contributed by atoms with van der Waals surface area (Å²) in [6.45, 7) is 8.02. The van der Waals surface area contributed by atoms with E-state index in [1.165, 1.54) is 31.4 Å². The molecule has 3 heterocycles. The van der Waals surface area contributed by atoms with Gasteiger partial charge in [0, 0.05) is 67.9 Å². The number of unbranched alkanes of at least 4 members (excludes halogenated alkanes) is 2. The Morgan fingerprint density at radius 3 is 2.54 bits per heavy atom. The molecule has 3 aromatic rings. The monoisotopic (exact) mass is 531 g/mol. The molecule has 2 saturated carbocycles. The molecule has 1 aliphatic heterocycles. The molecule has 0 unspecified atom stereocenters. The van der Waals surface area contributed by atoms with Crippen LogP contribution < -0.4 is 4.90 Å². The molecule has 0 bridgehead atoms. The zero-order chi connectivity index (χ0) is 27.2. The van der Waals surface area contributed by atoms with E-state index in [-0.39, 0.29) is 11.8 Å². The van der Waals surface area contributed by atoms with Crippen LogP contribution in [0.5, 0.6) is 0 Å². The first kappa shape index (κ1) is 27.3. The Bertz CT molecular complexity index is 1240. The predicted octanol–water partition coefficient (Wildman–Crippen LogP) is 6.20. The van der Waals surface area contributed by atoms with Crippen molar-refractivity contribution in [2.75, 3.05) is 24.7 Å². The van der Waals surface area contributed by atoms with Gasteiger partial charge in [-0.15, -0.1) is 13.2 Å². The summed E-state index contributed by atoms with van der Waals surface area (Å²) < 4.78 is 13.0. The van der Waals surface area contributed by atoms with Crippen LogP contribution in [0.1, 0.15) is 87.0 Å². The number of hydrogen-bond donors (Lipinski definition) is 0. The van der Waals surface area contributed by atoms with Gasteiger partial charge in [0.15, 0.2) is 5.82 Å². The molecular formula is C31H41N5O3. The molecule has 0 spiro atoms. The van der Waals surface area contributed by atoms with Gasteiger partial charge in [0.1, 0.15) is 0 Å². The summed E-state index contributed by atoms with van der Waals surface area (Å²) in [5, 5.41) is 8.90. The van der Waals surface area contributed by atoms with Crippen molar-refractivity contribution in [1.82, 2.24) is 19.9 Å². The van der Waals surface area contributed by atoms with Gasteiger partial charge in [0.25, 0.3) is 0 Å². The Hall–Kier alpha value is -3.26. The Labute approximate surface area is 231 Å². The number of anilines is 1. The molecular weight excluding hydrogens is 490 g/mol. The van der Waals surface area contributed by atoms with Crippen molar-refractivity contribution in [3.8, 4) is 11.3 Å². The molecule has 39 heavy (non-hydrogen) atoms. The van der Waals surface area contributed by atoms with Crippen LogP contribution in [0.15, 0.2) is 48.0 Å². The van der Waals surface area contributed by atoms with Gasteiger partial charge < -0.3 is 14.2 Å². The average Bonchev–Trinajstić information content (AvgIpc) is 3.92. The molecule has 208 valence electrons. The van der Waals surface area contributed by atoms with Gasteiger partial charge in [0.2, 0.25) is 11.8 Å². The Kier molecular flexibility index (Phi) is 8.91. The standard InChI is InChI=1S/C29H37N5O3.C2H4/c1-33-26(20-9-10-20)19-25(31-33)23-6-5-7-24(18-23)34(29(35)22-13-16-36-17-14-22)15-4-2-3-8-27-30-28(32-37-27)21-11-12-21;1-2/h5-7,18-22H,2-4,8-17H2,1H3;1-2H2. The van der Waals surface area contributed by atoms with Crippen LogP contribution >= 0.6 is 0 Å². The number of carbonyl (C=O) groups is 1. The molecule has 3 aliphatic rings. The van der Waals surface area contributed by atoms with Gasteiger partial charge in [-0.1, -0.05) is 23.7 Å². The third-order valence-corrected chi connectivity index (χ3v) is 7.90. The number of ether oxygens (including phenoxy) is 1. The largest absolute Gasteiger partial charge is 0.381 e. The topological polar surface area (TPSA) is 86.3 Å². The molecule has 2 aliphatic carbocycles. The van der Waals surface area contributed by atoms with E-state index in [9.17, 15) is 4.79 Å². The highest BCUT2D eigenvalue weighted by atomic mass is 16.5. The van der Waals surface area contributed by atoms with Crippen LogP contribution in [0.4, 0.5) is 5.69 Å². The van der Waals surface area contributed by atoms with Crippen molar-refractivity contribution in [2.24, 2.45) is 13.0 Å². The number of aryl methyl sites for hydroxylation is 2. The second-order valence-corrected chi connectivity index (χ2v) is 10.9. The van der Waals surface area contributed by atoms with E-state index in [0.717, 1.165) is 67.2 Å². The van der Waals surface area contributed by atoms with Gasteiger partial charge in [-0.25, -0.2) is 0 Å². The molecule has 1 amide bonds. The smallest absolute Gasteiger partial charge is 0.230 e. The summed E-state index contributed by atoms with van der Waals surface area (Å²) in [5.41, 5.74) is 4.31. The maximum Gasteiger partial charge on any atom is 0.230 e. The fourth-order valence-corrected chi connectivity index (χ4v) is 5.35. The quantitative estimate of drug-likeness (QED) is 0.216. The van der Waals surface area contributed by atoms with Gasteiger partial charge in [0.05, 0.1) is 5.69 Å². The summed E-state index contributed by atoms with van der Waals surface area (Å²) in [6.07, 6.45) is 10.2. The summed E-state index contributed by atoms with van der Waals surface area (Å²) in [6, 6.07) is 10.6. The number of amides is 1. The Morgan fingerprint density at radius 2 is 1.79 bits per heavy atom. The lowest BCUT2D eigenvalue weighted by Crippen LogP contribution is -2.39. The SMILES string of the molecule is C=C.Cn1nc(-c2cccc(N(CCCCCc3nc(C4CC4)no3)C(=O)C3CCOCC3)c2)cc1C1CC1. The van der Waals surface area contributed by atoms with E-state index in [0.29, 0.717) is 31.6 Å². The lowest BCUT2D eigenvalue weighted by molar-refractivity contribution is -0.125. The lowest BCUT2D eigenvalue weighted by atomic mass is 9.97. The summed E-state index contributed by atoms with van der Waals surface area (Å²) >= 11 is 0. The molecule has 8 nitrogen and oxygen atoms in total. The number of hydrogen-bond acceptors (Lipinski definition) is 6. The molecule has 0 N–H and O–H groups in total. The van der Waals surface area contributed by atoms with Crippen molar-refractivity contribution in [3.05, 3.63) is 60.9 Å². The van der Waals surface area contributed by atoms with Gasteiger partial charge in [-0.05, 0) is 69.6 Å². The van der Waals surface area contributed by atoms with Crippen molar-refractivity contribution in [1.29, 1.82) is 0 Å². The van der Waals surface area contributed by atoms with Crippen LogP contribution in [-0.2, 0) is 23.0 Å². The molecule has 6 rings (SSSR count). The second kappa shape index (κ2) is 12.7. The number of carbonyl (C=O) groups excluding carboxylic acids is 1. The lowest BCUT2D eigenvalue weighted by Gasteiger charge is -2.30. The molecule has 1 aromatic carbocycles. The zero-order valence-electron chi connectivity index (χ0n) is 23.2. The van der Waals surface area contributed by atoms with Crippen LogP contribution in [0.3, 0.4) is 0 Å². The van der Waals surface area contributed by atoms with Crippen LogP contribution in [0.25, 0.3) is 11.3 Å². The van der Waals surface area contributed by atoms with Crippen molar-refractivity contribution < 1.29 is 14.1 Å². The average molecular weight is 532 g/mol. The summed E-state index contributed by atoms with van der Waals surface area (Å²) in [4.78, 5) is 20.2. The van der Waals surface area contributed by atoms with Crippen LogP contribution in [-0.4, -0.2) is 45.6 Å². The maximum absolute atomic E-state index is 13.7. The Balaban J connectivity index is 0.00000151. The Morgan fingerprint density at radius 1 is 1.03 bits per heavy atom. The first-order valence-electron chi connectivity index (χ1n) is 14.5. The molecule has 0 atom stereocenters. The van der Waals surface area contributed by atoms with E-state index < -0.39 is 0 Å². The maximum atomic E-state index is 13.7. The van der Waals surface area contributed by atoms with Gasteiger partial charge in [-0.2, -0.15) is 10.1 Å². The minimum Gasteiger partial charge on any atom is -0.381 e. The van der Waals surface area contributed by atoms with E-state index in [4.69, 9.17) is 14.4 Å². The van der Waals surface area contributed by atoms with E-state index in [2.05, 4.69) is 47.6 Å². The van der Waals surface area contributed by atoms with Crippen LogP contribution in [0, 0.1) is 5.92 Å². The number of rotatable bonds is 11. The fourth-order valence-electron chi connectivity index (χ4n) is 5.35. The molecule has 1 saturated heterocycles. The van der Waals surface area contributed by atoms with Crippen LogP contribution in [0.2, 0.25) is 0 Å². The zero-order valence-corrected chi connectivity index (χ0v) is 23.2. The first-order valence-corrected chi connectivity index (χ1v) is 14.5. The number of nitrogens with zero attached hydrogens (tertiary/aromatic N) is 5. The minimum absolute atomic E-state index is 0.0213. The highest BCUT2D eigenvalue weighted by molar-refractivity contribution is 5.95. The third-order valence-electron chi connectivity index (χ3n) is 7.90. The molecule has 8 heteroatoms. The van der Waals surface area contributed by atoms with Crippen molar-refractivity contribution >= 4 is 11.6 Å². The molecule has 2 aromatic heterocycles. The predicted molar refractivity (Wildman–Crippen MR) is 152 cm³/mol. The van der Waals surface area contributed by atoms with Crippen molar-refractivity contribution in [2.45, 2.75) is 76.0 Å². The molecule has 0 radical (unpaired) electrons. The highest BCUT2D eigenvalue weighted by Crippen LogP contribution is 2.41. The highest BCUT2D eigenvalue weighted by Gasteiger charge is 2.30. The number of aromatic nitrogens is 4. The molecule has 3 fully saturated rings. The fraction of sp³-hybridized carbons (Fsp3) is 0.548. The van der Waals surface area contributed by atoms with E-state index >= 15 is 0 Å².